The van der Waals surface area contributed by atoms with Crippen LogP contribution in [0.5, 0.6) is 0 Å². The molecule has 0 aliphatic rings. The first-order valence-electron chi connectivity index (χ1n) is 3.73. The van der Waals surface area contributed by atoms with Gasteiger partial charge in [-0.05, 0) is 6.92 Å². The molecule has 1 N–H and O–H groups in total. The Morgan fingerprint density at radius 3 is 2.14 bits per heavy atom. The van der Waals surface area contributed by atoms with Gasteiger partial charge >= 0.3 is 0 Å². The lowest BCUT2D eigenvalue weighted by Crippen LogP contribution is -2.35. The second kappa shape index (κ2) is 4.72. The van der Waals surface area contributed by atoms with Gasteiger partial charge in [-0.1, -0.05) is 0 Å². The minimum absolute atomic E-state index is 0.444. The monoisotopic (exact) mass is 240 g/mol. The van der Waals surface area contributed by atoms with E-state index in [9.17, 15) is 16.8 Å². The predicted molar refractivity (Wildman–Crippen MR) is 51.7 cm³/mol. The highest BCUT2D eigenvalue weighted by Gasteiger charge is 2.16. The van der Waals surface area contributed by atoms with Crippen LogP contribution in [0.3, 0.4) is 0 Å². The molecule has 0 saturated heterocycles. The van der Waals surface area contributed by atoms with E-state index < -0.39 is 37.4 Å². The maximum Gasteiger partial charge on any atom is 0.213 e. The highest BCUT2D eigenvalue weighted by Crippen LogP contribution is 1.92. The van der Waals surface area contributed by atoms with Crippen LogP contribution in [0.15, 0.2) is 0 Å². The van der Waals surface area contributed by atoms with E-state index in [2.05, 4.69) is 0 Å². The van der Waals surface area contributed by atoms with E-state index in [-0.39, 0.29) is 0 Å². The van der Waals surface area contributed by atoms with Crippen molar-refractivity contribution >= 4 is 19.9 Å². The third kappa shape index (κ3) is 6.82. The molecule has 8 heteroatoms. The van der Waals surface area contributed by atoms with Crippen molar-refractivity contribution in [2.45, 2.75) is 13.0 Å². The number of hydrogen-bond acceptors (Lipinski definition) is 5. The summed E-state index contributed by atoms with van der Waals surface area (Å²) < 4.78 is 45.6. The first-order chi connectivity index (χ1) is 6.16. The van der Waals surface area contributed by atoms with Crippen molar-refractivity contribution in [1.29, 1.82) is 5.26 Å². The van der Waals surface area contributed by atoms with Crippen molar-refractivity contribution in [2.24, 2.45) is 0 Å². The molecule has 0 fully saturated rings. The highest BCUT2D eigenvalue weighted by atomic mass is 32.2. The summed E-state index contributed by atoms with van der Waals surface area (Å²) in [4.78, 5) is 0. The van der Waals surface area contributed by atoms with Crippen molar-refractivity contribution in [3.8, 4) is 6.07 Å². The summed E-state index contributed by atoms with van der Waals surface area (Å²) >= 11 is 0. The van der Waals surface area contributed by atoms with Gasteiger partial charge in [0.05, 0.1) is 17.6 Å². The Morgan fingerprint density at radius 2 is 1.79 bits per heavy atom. The van der Waals surface area contributed by atoms with Gasteiger partial charge in [0.15, 0.2) is 0 Å². The topological polar surface area (TPSA) is 104 Å². The Kier molecular flexibility index (Phi) is 4.51. The second-order valence-electron chi connectivity index (χ2n) is 2.92. The molecule has 0 aliphatic heterocycles. The molecule has 0 rings (SSSR count). The Balaban J connectivity index is 4.33. The van der Waals surface area contributed by atoms with Gasteiger partial charge in [-0.25, -0.2) is 16.8 Å². The average Bonchev–Trinajstić information content (AvgIpc) is 1.99. The van der Waals surface area contributed by atoms with Crippen molar-refractivity contribution in [1.82, 2.24) is 4.72 Å². The number of sulfonamides is 1. The molecular weight excluding hydrogens is 228 g/mol. The molecule has 82 valence electrons. The summed E-state index contributed by atoms with van der Waals surface area (Å²) in [6.07, 6.45) is 0.955. The molecule has 0 radical (unpaired) electrons. The van der Waals surface area contributed by atoms with Gasteiger partial charge in [0.2, 0.25) is 10.0 Å². The third-order valence-electron chi connectivity index (χ3n) is 1.27. The fourth-order valence-corrected chi connectivity index (χ4v) is 3.41. The highest BCUT2D eigenvalue weighted by molar-refractivity contribution is 7.93. The lowest BCUT2D eigenvalue weighted by molar-refractivity contribution is 0.575. The van der Waals surface area contributed by atoms with Gasteiger partial charge in [0.25, 0.3) is 0 Å². The zero-order valence-electron chi connectivity index (χ0n) is 7.89. The van der Waals surface area contributed by atoms with E-state index >= 15 is 0 Å². The van der Waals surface area contributed by atoms with Crippen LogP contribution < -0.4 is 4.72 Å². The van der Waals surface area contributed by atoms with Gasteiger partial charge in [-0.3, -0.25) is 0 Å². The third-order valence-corrected chi connectivity index (χ3v) is 3.93. The summed E-state index contributed by atoms with van der Waals surface area (Å²) in [5.41, 5.74) is 0. The quantitative estimate of drug-likeness (QED) is 0.654. The number of hydrogen-bond donors (Lipinski definition) is 1. The molecule has 0 saturated carbocycles. The molecule has 1 atom stereocenters. The Bertz CT molecular complexity index is 417. The van der Waals surface area contributed by atoms with Gasteiger partial charge < -0.3 is 0 Å². The molecule has 0 aliphatic carbocycles. The number of sulfone groups is 1. The molecule has 0 aromatic carbocycles. The first-order valence-corrected chi connectivity index (χ1v) is 7.45. The smallest absolute Gasteiger partial charge is 0.213 e. The van der Waals surface area contributed by atoms with E-state index in [1.807, 2.05) is 4.72 Å². The summed E-state index contributed by atoms with van der Waals surface area (Å²) in [6.45, 7) is 1.37. The van der Waals surface area contributed by atoms with E-state index in [4.69, 9.17) is 5.26 Å². The fraction of sp³-hybridized carbons (Fsp3) is 0.833. The van der Waals surface area contributed by atoms with Gasteiger partial charge in [-0.15, -0.1) is 0 Å². The maximum atomic E-state index is 11.1. The van der Waals surface area contributed by atoms with Crippen molar-refractivity contribution in [3.63, 3.8) is 0 Å². The van der Waals surface area contributed by atoms with Gasteiger partial charge in [0, 0.05) is 6.26 Å². The molecule has 1 unspecified atom stereocenters. The predicted octanol–water partition coefficient (Wildman–Crippen LogP) is -1.14. The number of nitrogens with one attached hydrogen (secondary N) is 1. The minimum atomic E-state index is -3.68. The summed E-state index contributed by atoms with van der Waals surface area (Å²) in [7, 11) is -6.98. The number of rotatable bonds is 5. The average molecular weight is 240 g/mol. The van der Waals surface area contributed by atoms with Crippen molar-refractivity contribution in [3.05, 3.63) is 0 Å². The summed E-state index contributed by atoms with van der Waals surface area (Å²) in [5.74, 6) is -0.960. The van der Waals surface area contributed by atoms with Crippen LogP contribution in [-0.4, -0.2) is 40.6 Å². The van der Waals surface area contributed by atoms with Crippen LogP contribution in [0.4, 0.5) is 0 Å². The molecule has 6 nitrogen and oxygen atoms in total. The normalized spacial score (nSPS) is 14.6. The lowest BCUT2D eigenvalue weighted by Gasteiger charge is -2.06. The van der Waals surface area contributed by atoms with Crippen LogP contribution in [0, 0.1) is 11.3 Å². The van der Waals surface area contributed by atoms with Crippen LogP contribution in [-0.2, 0) is 19.9 Å². The van der Waals surface area contributed by atoms with E-state index in [0.717, 1.165) is 6.26 Å². The Morgan fingerprint density at radius 1 is 1.29 bits per heavy atom. The molecule has 0 heterocycles. The zero-order valence-corrected chi connectivity index (χ0v) is 9.52. The second-order valence-corrected chi connectivity index (χ2v) is 7.05. The SMILES string of the molecule is CC(C#N)NS(=O)(=O)CCS(C)(=O)=O. The maximum absolute atomic E-state index is 11.1. The van der Waals surface area contributed by atoms with E-state index in [1.54, 1.807) is 6.07 Å². The molecule has 14 heavy (non-hydrogen) atoms. The molecule has 0 aromatic heterocycles. The van der Waals surface area contributed by atoms with Crippen LogP contribution in [0.1, 0.15) is 6.92 Å². The molecule has 0 aromatic rings. The van der Waals surface area contributed by atoms with Crippen LogP contribution >= 0.6 is 0 Å². The first kappa shape index (κ1) is 13.4. The summed E-state index contributed by atoms with van der Waals surface area (Å²) in [5, 5.41) is 8.33. The van der Waals surface area contributed by atoms with Crippen LogP contribution in [0.2, 0.25) is 0 Å². The minimum Gasteiger partial charge on any atom is -0.229 e. The molecule has 0 bridgehead atoms. The summed E-state index contributed by atoms with van der Waals surface area (Å²) in [6, 6.07) is 0.831. The van der Waals surface area contributed by atoms with Crippen molar-refractivity contribution in [2.75, 3.05) is 17.8 Å². The largest absolute Gasteiger partial charge is 0.229 e. The zero-order chi connectivity index (χ0) is 11.4. The van der Waals surface area contributed by atoms with Crippen molar-refractivity contribution < 1.29 is 16.8 Å². The lowest BCUT2D eigenvalue weighted by atomic mass is 10.4. The molecule has 0 amide bonds. The fourth-order valence-electron chi connectivity index (χ4n) is 0.616. The number of nitriles is 1. The van der Waals surface area contributed by atoms with Crippen LogP contribution in [0.25, 0.3) is 0 Å². The standard InChI is InChI=1S/C6H12N2O4S2/c1-6(5-7)8-14(11,12)4-3-13(2,9)10/h6,8H,3-4H2,1-2H3. The molecular formula is C6H12N2O4S2. The van der Waals surface area contributed by atoms with Gasteiger partial charge in [0.1, 0.15) is 15.9 Å². The van der Waals surface area contributed by atoms with E-state index in [0.29, 0.717) is 0 Å². The number of nitrogens with zero attached hydrogens (tertiary/aromatic N) is 1. The van der Waals surface area contributed by atoms with E-state index in [1.165, 1.54) is 6.92 Å². The Hall–Kier alpha value is -0.650. The molecule has 0 spiro atoms. The van der Waals surface area contributed by atoms with Gasteiger partial charge in [-0.2, -0.15) is 9.98 Å². The Labute approximate surface area is 83.9 Å².